The van der Waals surface area contributed by atoms with Crippen molar-refractivity contribution in [3.8, 4) is 0 Å². The lowest BCUT2D eigenvalue weighted by atomic mass is 10.2. The highest BCUT2D eigenvalue weighted by Gasteiger charge is 2.16. The summed E-state index contributed by atoms with van der Waals surface area (Å²) in [5, 5.41) is 12.2. The number of nitrogens with one attached hydrogen (secondary N) is 1. The van der Waals surface area contributed by atoms with Gasteiger partial charge >= 0.3 is 5.97 Å². The molecule has 0 amide bonds. The molecule has 1 aromatic heterocycles. The Hall–Kier alpha value is -1.36. The minimum atomic E-state index is -0.812. The Morgan fingerprint density at radius 2 is 2.38 bits per heavy atom. The third kappa shape index (κ3) is 3.34. The van der Waals surface area contributed by atoms with Gasteiger partial charge < -0.3 is 15.0 Å². The standard InChI is InChI=1S/C11H19N3O2/c1-3-5-12-6-9-7-14(8-13-9)10(4-2)11(15)16/h7-8,10,12H,3-6H2,1-2H3,(H,15,16). The van der Waals surface area contributed by atoms with Crippen LogP contribution in [0, 0.1) is 0 Å². The molecular formula is C11H19N3O2. The summed E-state index contributed by atoms with van der Waals surface area (Å²) in [4.78, 5) is 15.1. The van der Waals surface area contributed by atoms with E-state index in [0.717, 1.165) is 18.7 Å². The number of imidazole rings is 1. The first kappa shape index (κ1) is 12.7. The summed E-state index contributed by atoms with van der Waals surface area (Å²) in [6.07, 6.45) is 5.02. The zero-order valence-electron chi connectivity index (χ0n) is 9.81. The molecule has 0 aliphatic heterocycles. The zero-order chi connectivity index (χ0) is 12.0. The van der Waals surface area contributed by atoms with E-state index in [-0.39, 0.29) is 0 Å². The molecule has 16 heavy (non-hydrogen) atoms. The monoisotopic (exact) mass is 225 g/mol. The molecule has 1 rings (SSSR count). The van der Waals surface area contributed by atoms with E-state index >= 15 is 0 Å². The quantitative estimate of drug-likeness (QED) is 0.689. The normalized spacial score (nSPS) is 12.6. The van der Waals surface area contributed by atoms with Crippen LogP contribution in [0.25, 0.3) is 0 Å². The summed E-state index contributed by atoms with van der Waals surface area (Å²) < 4.78 is 1.66. The van der Waals surface area contributed by atoms with Crippen molar-refractivity contribution in [2.24, 2.45) is 0 Å². The summed E-state index contributed by atoms with van der Waals surface area (Å²) in [5.41, 5.74) is 0.883. The molecule has 0 fully saturated rings. The van der Waals surface area contributed by atoms with Crippen molar-refractivity contribution in [1.82, 2.24) is 14.9 Å². The van der Waals surface area contributed by atoms with Gasteiger partial charge in [-0.3, -0.25) is 0 Å². The van der Waals surface area contributed by atoms with Gasteiger partial charge in [-0.25, -0.2) is 9.78 Å². The summed E-state index contributed by atoms with van der Waals surface area (Å²) in [5.74, 6) is -0.812. The highest BCUT2D eigenvalue weighted by Crippen LogP contribution is 2.11. The van der Waals surface area contributed by atoms with Crippen LogP contribution in [-0.2, 0) is 11.3 Å². The van der Waals surface area contributed by atoms with E-state index in [4.69, 9.17) is 5.11 Å². The average molecular weight is 225 g/mol. The fraction of sp³-hybridized carbons (Fsp3) is 0.636. The van der Waals surface area contributed by atoms with E-state index in [1.54, 1.807) is 17.1 Å². The van der Waals surface area contributed by atoms with E-state index < -0.39 is 12.0 Å². The van der Waals surface area contributed by atoms with Gasteiger partial charge in [0.1, 0.15) is 6.04 Å². The van der Waals surface area contributed by atoms with Crippen LogP contribution in [0.15, 0.2) is 12.5 Å². The molecule has 2 N–H and O–H groups in total. The summed E-state index contributed by atoms with van der Waals surface area (Å²) in [6.45, 7) is 5.59. The number of nitrogens with zero attached hydrogens (tertiary/aromatic N) is 2. The second kappa shape index (κ2) is 6.27. The predicted octanol–water partition coefficient (Wildman–Crippen LogP) is 1.42. The predicted molar refractivity (Wildman–Crippen MR) is 61.2 cm³/mol. The van der Waals surface area contributed by atoms with Crippen molar-refractivity contribution in [2.45, 2.75) is 39.3 Å². The van der Waals surface area contributed by atoms with Crippen molar-refractivity contribution < 1.29 is 9.90 Å². The second-order valence-electron chi connectivity index (χ2n) is 3.75. The maximum atomic E-state index is 10.9. The first-order chi connectivity index (χ1) is 7.69. The number of carboxylic acids is 1. The molecule has 1 heterocycles. The molecule has 0 saturated heterocycles. The first-order valence-electron chi connectivity index (χ1n) is 5.64. The maximum Gasteiger partial charge on any atom is 0.326 e. The average Bonchev–Trinajstić information content (AvgIpc) is 2.67. The van der Waals surface area contributed by atoms with Crippen LogP contribution in [0.4, 0.5) is 0 Å². The van der Waals surface area contributed by atoms with Crippen LogP contribution >= 0.6 is 0 Å². The van der Waals surface area contributed by atoms with Crippen molar-refractivity contribution in [3.05, 3.63) is 18.2 Å². The Labute approximate surface area is 95.5 Å². The van der Waals surface area contributed by atoms with E-state index in [1.807, 2.05) is 6.92 Å². The molecule has 90 valence electrons. The molecule has 0 saturated carbocycles. The van der Waals surface area contributed by atoms with E-state index in [1.165, 1.54) is 0 Å². The van der Waals surface area contributed by atoms with Crippen molar-refractivity contribution >= 4 is 5.97 Å². The smallest absolute Gasteiger partial charge is 0.326 e. The van der Waals surface area contributed by atoms with Crippen LogP contribution in [-0.4, -0.2) is 27.2 Å². The number of rotatable bonds is 7. The van der Waals surface area contributed by atoms with Crippen LogP contribution in [0.1, 0.15) is 38.4 Å². The number of aliphatic carboxylic acids is 1. The van der Waals surface area contributed by atoms with Crippen LogP contribution in [0.2, 0.25) is 0 Å². The topological polar surface area (TPSA) is 67.2 Å². The van der Waals surface area contributed by atoms with Gasteiger partial charge in [-0.05, 0) is 19.4 Å². The minimum absolute atomic E-state index is 0.507. The zero-order valence-corrected chi connectivity index (χ0v) is 9.81. The fourth-order valence-electron chi connectivity index (χ4n) is 1.55. The van der Waals surface area contributed by atoms with Crippen LogP contribution < -0.4 is 5.32 Å². The SMILES string of the molecule is CCCNCc1cn(C(CC)C(=O)O)cn1. The Kier molecular flexibility index (Phi) is 4.98. The Balaban J connectivity index is 2.59. The molecule has 0 aromatic carbocycles. The van der Waals surface area contributed by atoms with Crippen molar-refractivity contribution in [1.29, 1.82) is 0 Å². The lowest BCUT2D eigenvalue weighted by Crippen LogP contribution is -2.17. The molecule has 0 bridgehead atoms. The molecule has 1 aromatic rings. The first-order valence-corrected chi connectivity index (χ1v) is 5.64. The van der Waals surface area contributed by atoms with Gasteiger partial charge in [0.05, 0.1) is 12.0 Å². The largest absolute Gasteiger partial charge is 0.480 e. The lowest BCUT2D eigenvalue weighted by molar-refractivity contribution is -0.141. The fourth-order valence-corrected chi connectivity index (χ4v) is 1.55. The highest BCUT2D eigenvalue weighted by atomic mass is 16.4. The number of aromatic nitrogens is 2. The molecular weight excluding hydrogens is 206 g/mol. The maximum absolute atomic E-state index is 10.9. The Morgan fingerprint density at radius 3 is 2.94 bits per heavy atom. The molecule has 1 atom stereocenters. The van der Waals surface area contributed by atoms with E-state index in [2.05, 4.69) is 17.2 Å². The summed E-state index contributed by atoms with van der Waals surface area (Å²) >= 11 is 0. The molecule has 0 radical (unpaired) electrons. The Bertz CT molecular complexity index is 336. The van der Waals surface area contributed by atoms with Gasteiger partial charge in [0.25, 0.3) is 0 Å². The molecule has 0 spiro atoms. The summed E-state index contributed by atoms with van der Waals surface area (Å²) in [7, 11) is 0. The van der Waals surface area contributed by atoms with E-state index in [9.17, 15) is 4.79 Å². The van der Waals surface area contributed by atoms with Gasteiger partial charge in [0, 0.05) is 12.7 Å². The van der Waals surface area contributed by atoms with Crippen LogP contribution in [0.3, 0.4) is 0 Å². The number of carboxylic acid groups (broad SMARTS) is 1. The van der Waals surface area contributed by atoms with Gasteiger partial charge in [0.2, 0.25) is 0 Å². The lowest BCUT2D eigenvalue weighted by Gasteiger charge is -2.10. The highest BCUT2D eigenvalue weighted by molar-refractivity contribution is 5.71. The molecule has 0 aliphatic carbocycles. The molecule has 5 heteroatoms. The third-order valence-corrected chi connectivity index (χ3v) is 2.42. The van der Waals surface area contributed by atoms with Gasteiger partial charge in [-0.2, -0.15) is 0 Å². The number of hydrogen-bond acceptors (Lipinski definition) is 3. The van der Waals surface area contributed by atoms with Gasteiger partial charge in [-0.15, -0.1) is 0 Å². The Morgan fingerprint density at radius 1 is 1.62 bits per heavy atom. The molecule has 5 nitrogen and oxygen atoms in total. The van der Waals surface area contributed by atoms with E-state index in [0.29, 0.717) is 13.0 Å². The van der Waals surface area contributed by atoms with Crippen LogP contribution in [0.5, 0.6) is 0 Å². The minimum Gasteiger partial charge on any atom is -0.480 e. The molecule has 1 unspecified atom stereocenters. The number of hydrogen-bond donors (Lipinski definition) is 2. The summed E-state index contributed by atoms with van der Waals surface area (Å²) in [6, 6.07) is -0.507. The second-order valence-corrected chi connectivity index (χ2v) is 3.75. The van der Waals surface area contributed by atoms with Gasteiger partial charge in [-0.1, -0.05) is 13.8 Å². The number of carbonyl (C=O) groups is 1. The molecule has 0 aliphatic rings. The van der Waals surface area contributed by atoms with Gasteiger partial charge in [0.15, 0.2) is 0 Å². The van der Waals surface area contributed by atoms with Crippen molar-refractivity contribution in [3.63, 3.8) is 0 Å². The van der Waals surface area contributed by atoms with Crippen molar-refractivity contribution in [2.75, 3.05) is 6.54 Å². The third-order valence-electron chi connectivity index (χ3n) is 2.42.